The Labute approximate surface area is 154 Å². The standard InChI is InChI=1S/C17H15Cl2NO3S/c18-11-4-1-2-5-16(11)24-10-17(21)20-13-9-15-14(8-12(13)19)22-6-3-7-23-15/h1-2,4-5,8-9H,3,6-7,10H2,(H,20,21). The van der Waals surface area contributed by atoms with E-state index < -0.39 is 0 Å². The van der Waals surface area contributed by atoms with Crippen LogP contribution in [0.15, 0.2) is 41.3 Å². The first kappa shape index (κ1) is 17.3. The summed E-state index contributed by atoms with van der Waals surface area (Å²) in [6, 6.07) is 10.8. The van der Waals surface area contributed by atoms with Crippen LogP contribution in [0.3, 0.4) is 0 Å². The van der Waals surface area contributed by atoms with E-state index in [-0.39, 0.29) is 11.7 Å². The van der Waals surface area contributed by atoms with E-state index in [9.17, 15) is 4.79 Å². The number of halogens is 2. The number of nitrogens with one attached hydrogen (secondary N) is 1. The van der Waals surface area contributed by atoms with E-state index in [2.05, 4.69) is 5.32 Å². The lowest BCUT2D eigenvalue weighted by Gasteiger charge is -2.12. The average Bonchev–Trinajstić information content (AvgIpc) is 2.79. The predicted molar refractivity (Wildman–Crippen MR) is 97.9 cm³/mol. The molecule has 2 aromatic rings. The molecule has 0 atom stereocenters. The highest BCUT2D eigenvalue weighted by Gasteiger charge is 2.16. The molecule has 0 saturated heterocycles. The highest BCUT2D eigenvalue weighted by molar-refractivity contribution is 8.00. The van der Waals surface area contributed by atoms with Gasteiger partial charge in [0.25, 0.3) is 0 Å². The van der Waals surface area contributed by atoms with Crippen molar-refractivity contribution in [3.8, 4) is 11.5 Å². The number of rotatable bonds is 4. The van der Waals surface area contributed by atoms with Gasteiger partial charge in [0.15, 0.2) is 11.5 Å². The molecule has 1 amide bonds. The molecule has 0 saturated carbocycles. The molecule has 1 heterocycles. The zero-order valence-electron chi connectivity index (χ0n) is 12.7. The van der Waals surface area contributed by atoms with Gasteiger partial charge in [-0.15, -0.1) is 11.8 Å². The first-order valence-electron chi connectivity index (χ1n) is 7.40. The Morgan fingerprint density at radius 3 is 2.54 bits per heavy atom. The number of carbonyl (C=O) groups excluding carboxylic acids is 1. The monoisotopic (exact) mass is 383 g/mol. The minimum atomic E-state index is -0.170. The third-order valence-electron chi connectivity index (χ3n) is 3.31. The molecule has 0 aromatic heterocycles. The number of thioether (sulfide) groups is 1. The quantitative estimate of drug-likeness (QED) is 0.763. The highest BCUT2D eigenvalue weighted by atomic mass is 35.5. The molecule has 2 aromatic carbocycles. The molecule has 4 nitrogen and oxygen atoms in total. The van der Waals surface area contributed by atoms with Gasteiger partial charge >= 0.3 is 0 Å². The van der Waals surface area contributed by atoms with Gasteiger partial charge in [-0.1, -0.05) is 35.3 Å². The number of hydrogen-bond donors (Lipinski definition) is 1. The molecular weight excluding hydrogens is 369 g/mol. The van der Waals surface area contributed by atoms with Gasteiger partial charge in [-0.3, -0.25) is 4.79 Å². The maximum absolute atomic E-state index is 12.2. The Morgan fingerprint density at radius 1 is 1.08 bits per heavy atom. The van der Waals surface area contributed by atoms with Crippen LogP contribution in [0, 0.1) is 0 Å². The molecule has 3 rings (SSSR count). The van der Waals surface area contributed by atoms with Crippen molar-refractivity contribution in [1.82, 2.24) is 0 Å². The fourth-order valence-electron chi connectivity index (χ4n) is 2.17. The Kier molecular flexibility index (Phi) is 5.76. The number of anilines is 1. The summed E-state index contributed by atoms with van der Waals surface area (Å²) in [4.78, 5) is 13.0. The Balaban J connectivity index is 1.66. The van der Waals surface area contributed by atoms with Gasteiger partial charge in [-0.2, -0.15) is 0 Å². The van der Waals surface area contributed by atoms with Gasteiger partial charge in [0.05, 0.1) is 34.7 Å². The summed E-state index contributed by atoms with van der Waals surface area (Å²) < 4.78 is 11.2. The fraction of sp³-hybridized carbons (Fsp3) is 0.235. The summed E-state index contributed by atoms with van der Waals surface area (Å²) in [5, 5.41) is 3.84. The van der Waals surface area contributed by atoms with Crippen LogP contribution in [0.2, 0.25) is 10.0 Å². The smallest absolute Gasteiger partial charge is 0.234 e. The van der Waals surface area contributed by atoms with Gasteiger partial charge in [0.1, 0.15) is 0 Å². The Hall–Kier alpha value is -1.56. The summed E-state index contributed by atoms with van der Waals surface area (Å²) in [6.45, 7) is 1.16. The van der Waals surface area contributed by atoms with E-state index in [1.165, 1.54) is 11.8 Å². The lowest BCUT2D eigenvalue weighted by Crippen LogP contribution is -2.14. The molecule has 24 heavy (non-hydrogen) atoms. The number of ether oxygens (including phenoxy) is 2. The molecule has 7 heteroatoms. The van der Waals surface area contributed by atoms with Crippen molar-refractivity contribution in [2.45, 2.75) is 11.3 Å². The third-order valence-corrected chi connectivity index (χ3v) is 5.13. The number of amides is 1. The van der Waals surface area contributed by atoms with Crippen molar-refractivity contribution in [1.29, 1.82) is 0 Å². The largest absolute Gasteiger partial charge is 0.490 e. The van der Waals surface area contributed by atoms with E-state index in [0.717, 1.165) is 11.3 Å². The van der Waals surface area contributed by atoms with Gasteiger partial charge in [-0.05, 0) is 12.1 Å². The molecule has 0 bridgehead atoms. The van der Waals surface area contributed by atoms with Crippen molar-refractivity contribution in [3.05, 3.63) is 46.4 Å². The van der Waals surface area contributed by atoms with Crippen molar-refractivity contribution >= 4 is 46.6 Å². The lowest BCUT2D eigenvalue weighted by atomic mass is 10.2. The second-order valence-corrected chi connectivity index (χ2v) is 6.93. The number of carbonyl (C=O) groups is 1. The van der Waals surface area contributed by atoms with Crippen LogP contribution in [0.4, 0.5) is 5.69 Å². The summed E-state index contributed by atoms with van der Waals surface area (Å²) in [7, 11) is 0. The number of benzene rings is 2. The van der Waals surface area contributed by atoms with Gasteiger partial charge in [-0.25, -0.2) is 0 Å². The predicted octanol–water partition coefficient (Wildman–Crippen LogP) is 4.89. The average molecular weight is 384 g/mol. The van der Waals surface area contributed by atoms with Gasteiger partial charge in [0.2, 0.25) is 5.91 Å². The third kappa shape index (κ3) is 4.29. The van der Waals surface area contributed by atoms with Crippen LogP contribution in [-0.2, 0) is 4.79 Å². The Morgan fingerprint density at radius 2 is 1.79 bits per heavy atom. The highest BCUT2D eigenvalue weighted by Crippen LogP contribution is 2.37. The lowest BCUT2D eigenvalue weighted by molar-refractivity contribution is -0.113. The van der Waals surface area contributed by atoms with Crippen molar-refractivity contribution in [3.63, 3.8) is 0 Å². The summed E-state index contributed by atoms with van der Waals surface area (Å²) in [5.74, 6) is 1.25. The normalized spacial score (nSPS) is 13.2. The summed E-state index contributed by atoms with van der Waals surface area (Å²) in [5.41, 5.74) is 0.505. The fourth-order valence-corrected chi connectivity index (χ4v) is 3.41. The molecule has 0 aliphatic carbocycles. The second-order valence-electron chi connectivity index (χ2n) is 5.10. The molecule has 126 valence electrons. The molecule has 1 aliphatic heterocycles. The molecule has 0 spiro atoms. The first-order valence-corrected chi connectivity index (χ1v) is 9.14. The number of hydrogen-bond acceptors (Lipinski definition) is 4. The van der Waals surface area contributed by atoms with E-state index in [1.807, 2.05) is 18.2 Å². The van der Waals surface area contributed by atoms with Crippen molar-refractivity contribution in [2.24, 2.45) is 0 Å². The SMILES string of the molecule is O=C(CSc1ccccc1Cl)Nc1cc2c(cc1Cl)OCCCO2. The van der Waals surface area contributed by atoms with Crippen LogP contribution in [0.1, 0.15) is 6.42 Å². The van der Waals surface area contributed by atoms with Crippen LogP contribution in [-0.4, -0.2) is 24.9 Å². The minimum absolute atomic E-state index is 0.170. The van der Waals surface area contributed by atoms with Crippen LogP contribution in [0.25, 0.3) is 0 Å². The molecule has 1 aliphatic rings. The molecule has 1 N–H and O–H groups in total. The van der Waals surface area contributed by atoms with Crippen LogP contribution < -0.4 is 14.8 Å². The van der Waals surface area contributed by atoms with Crippen LogP contribution in [0.5, 0.6) is 11.5 Å². The molecule has 0 radical (unpaired) electrons. The minimum Gasteiger partial charge on any atom is -0.490 e. The maximum Gasteiger partial charge on any atom is 0.234 e. The zero-order chi connectivity index (χ0) is 16.9. The van der Waals surface area contributed by atoms with E-state index >= 15 is 0 Å². The first-order chi connectivity index (χ1) is 11.6. The van der Waals surface area contributed by atoms with E-state index in [4.69, 9.17) is 32.7 Å². The summed E-state index contributed by atoms with van der Waals surface area (Å²) >= 11 is 13.7. The maximum atomic E-state index is 12.2. The van der Waals surface area contributed by atoms with Gasteiger partial charge in [0, 0.05) is 23.4 Å². The van der Waals surface area contributed by atoms with Crippen molar-refractivity contribution in [2.75, 3.05) is 24.3 Å². The zero-order valence-corrected chi connectivity index (χ0v) is 15.0. The van der Waals surface area contributed by atoms with Crippen molar-refractivity contribution < 1.29 is 14.3 Å². The molecule has 0 fully saturated rings. The van der Waals surface area contributed by atoms with E-state index in [0.29, 0.717) is 40.4 Å². The number of fused-ring (bicyclic) bond motifs is 1. The molecular formula is C17H15Cl2NO3S. The molecule has 0 unspecified atom stereocenters. The van der Waals surface area contributed by atoms with Crippen LogP contribution >= 0.6 is 35.0 Å². The van der Waals surface area contributed by atoms with E-state index in [1.54, 1.807) is 18.2 Å². The van der Waals surface area contributed by atoms with Gasteiger partial charge < -0.3 is 14.8 Å². The summed E-state index contributed by atoms with van der Waals surface area (Å²) in [6.07, 6.45) is 0.808. The second kappa shape index (κ2) is 8.01. The Bertz CT molecular complexity index is 755. The topological polar surface area (TPSA) is 47.6 Å².